The second kappa shape index (κ2) is 6.03. The lowest BCUT2D eigenvalue weighted by Gasteiger charge is -2.07. The van der Waals surface area contributed by atoms with Gasteiger partial charge < -0.3 is 14.2 Å². The summed E-state index contributed by atoms with van der Waals surface area (Å²) < 4.78 is 15.8. The van der Waals surface area contributed by atoms with Crippen molar-refractivity contribution >= 4 is 29.4 Å². The second-order valence-corrected chi connectivity index (χ2v) is 6.22. The molecule has 0 aromatic heterocycles. The molecular formula is C18H12ClNO6. The van der Waals surface area contributed by atoms with E-state index in [2.05, 4.69) is 0 Å². The number of carbonyl (C=O) groups excluding carboxylic acids is 3. The lowest BCUT2D eigenvalue weighted by atomic mass is 10.1. The van der Waals surface area contributed by atoms with Gasteiger partial charge in [-0.2, -0.15) is 0 Å². The molecule has 2 aliphatic rings. The maximum Gasteiger partial charge on any atom is 0.338 e. The normalized spacial score (nSPS) is 14.6. The smallest absolute Gasteiger partial charge is 0.338 e. The summed E-state index contributed by atoms with van der Waals surface area (Å²) in [6.07, 6.45) is 0. The third kappa shape index (κ3) is 2.57. The van der Waals surface area contributed by atoms with Crippen LogP contribution in [0.5, 0.6) is 11.5 Å². The number of ether oxygens (including phenoxy) is 3. The third-order valence-corrected chi connectivity index (χ3v) is 4.46. The molecule has 2 aliphatic heterocycles. The molecule has 0 saturated carbocycles. The van der Waals surface area contributed by atoms with Gasteiger partial charge in [0.1, 0.15) is 6.61 Å². The maximum absolute atomic E-state index is 12.3. The van der Waals surface area contributed by atoms with Crippen LogP contribution in [0.15, 0.2) is 30.3 Å². The molecule has 2 amide bonds. The van der Waals surface area contributed by atoms with Crippen LogP contribution in [0.25, 0.3) is 0 Å². The lowest BCUT2D eigenvalue weighted by Crippen LogP contribution is -2.24. The molecule has 0 unspecified atom stereocenters. The van der Waals surface area contributed by atoms with Gasteiger partial charge in [0.15, 0.2) is 11.5 Å². The van der Waals surface area contributed by atoms with E-state index in [1.807, 2.05) is 0 Å². The number of nitrogens with zero attached hydrogens (tertiary/aromatic N) is 1. The predicted molar refractivity (Wildman–Crippen MR) is 89.6 cm³/mol. The first kappa shape index (κ1) is 16.4. The molecule has 0 atom stereocenters. The Hall–Kier alpha value is -3.06. The largest absolute Gasteiger partial charge is 0.457 e. The summed E-state index contributed by atoms with van der Waals surface area (Å²) in [6.45, 7) is 0.0632. The van der Waals surface area contributed by atoms with Gasteiger partial charge >= 0.3 is 5.97 Å². The molecule has 0 spiro atoms. The molecule has 2 heterocycles. The van der Waals surface area contributed by atoms with Crippen molar-refractivity contribution in [3.8, 4) is 11.5 Å². The molecule has 0 saturated heterocycles. The Morgan fingerprint density at radius 1 is 1.15 bits per heavy atom. The van der Waals surface area contributed by atoms with Crippen molar-refractivity contribution in [3.05, 3.63) is 57.6 Å². The van der Waals surface area contributed by atoms with Crippen molar-refractivity contribution in [3.63, 3.8) is 0 Å². The SMILES string of the molecule is CN1C(=O)c2ccc(C(=O)OCc3cc(Cl)c4c(c3)OCO4)cc2C1=O. The Bertz CT molecular complexity index is 970. The zero-order valence-electron chi connectivity index (χ0n) is 13.6. The summed E-state index contributed by atoms with van der Waals surface area (Å²) in [5, 5.41) is 0.371. The molecule has 2 aromatic rings. The number of imide groups is 1. The van der Waals surface area contributed by atoms with E-state index in [9.17, 15) is 14.4 Å². The summed E-state index contributed by atoms with van der Waals surface area (Å²) in [5.74, 6) is -0.487. The van der Waals surface area contributed by atoms with E-state index in [1.54, 1.807) is 12.1 Å². The van der Waals surface area contributed by atoms with Crippen molar-refractivity contribution in [1.29, 1.82) is 0 Å². The Labute approximate surface area is 153 Å². The molecule has 8 heteroatoms. The van der Waals surface area contributed by atoms with Gasteiger partial charge in [0.05, 0.1) is 21.7 Å². The molecule has 132 valence electrons. The van der Waals surface area contributed by atoms with Crippen LogP contribution in [0.1, 0.15) is 36.6 Å². The monoisotopic (exact) mass is 373 g/mol. The van der Waals surface area contributed by atoms with E-state index in [0.717, 1.165) is 4.90 Å². The Morgan fingerprint density at radius 2 is 1.92 bits per heavy atom. The summed E-state index contributed by atoms with van der Waals surface area (Å²) in [4.78, 5) is 37.2. The minimum absolute atomic E-state index is 0.0287. The average Bonchev–Trinajstić information content (AvgIpc) is 3.20. The van der Waals surface area contributed by atoms with Crippen molar-refractivity contribution in [2.75, 3.05) is 13.8 Å². The first-order valence-corrected chi connectivity index (χ1v) is 8.05. The third-order valence-electron chi connectivity index (χ3n) is 4.18. The number of fused-ring (bicyclic) bond motifs is 2. The van der Waals surface area contributed by atoms with Crippen LogP contribution in [0, 0.1) is 0 Å². The van der Waals surface area contributed by atoms with Crippen LogP contribution < -0.4 is 9.47 Å². The van der Waals surface area contributed by atoms with Gasteiger partial charge in [-0.1, -0.05) is 11.6 Å². The number of carbonyl (C=O) groups is 3. The Kier molecular flexibility index (Phi) is 3.81. The standard InChI is InChI=1S/C18H12ClNO6/c1-20-16(21)11-3-2-10(6-12(11)17(20)22)18(23)24-7-9-4-13(19)15-14(5-9)25-8-26-15/h2-6H,7-8H2,1H3. The second-order valence-electron chi connectivity index (χ2n) is 5.82. The van der Waals surface area contributed by atoms with Gasteiger partial charge in [-0.25, -0.2) is 4.79 Å². The number of benzene rings is 2. The summed E-state index contributed by atoms with van der Waals surface area (Å²) in [6, 6.07) is 7.59. The molecule has 7 nitrogen and oxygen atoms in total. The van der Waals surface area contributed by atoms with Crippen molar-refractivity contribution in [1.82, 2.24) is 4.90 Å². The van der Waals surface area contributed by atoms with Gasteiger partial charge in [-0.05, 0) is 35.9 Å². The number of hydrogen-bond donors (Lipinski definition) is 0. The number of esters is 1. The first-order valence-electron chi connectivity index (χ1n) is 7.67. The fourth-order valence-electron chi connectivity index (χ4n) is 2.82. The van der Waals surface area contributed by atoms with Gasteiger partial charge in [-0.3, -0.25) is 14.5 Å². The number of halogens is 1. The Morgan fingerprint density at radius 3 is 2.73 bits per heavy atom. The highest BCUT2D eigenvalue weighted by Crippen LogP contribution is 2.40. The fraction of sp³-hybridized carbons (Fsp3) is 0.167. The van der Waals surface area contributed by atoms with E-state index in [1.165, 1.54) is 25.2 Å². The van der Waals surface area contributed by atoms with E-state index in [0.29, 0.717) is 22.1 Å². The Balaban J connectivity index is 1.51. The minimum atomic E-state index is -0.614. The molecule has 0 fully saturated rings. The highest BCUT2D eigenvalue weighted by atomic mass is 35.5. The summed E-state index contributed by atoms with van der Waals surface area (Å²) in [5.41, 5.74) is 1.29. The molecular weight excluding hydrogens is 362 g/mol. The molecule has 4 rings (SSSR count). The van der Waals surface area contributed by atoms with E-state index < -0.39 is 11.9 Å². The molecule has 0 radical (unpaired) electrons. The highest BCUT2D eigenvalue weighted by molar-refractivity contribution is 6.32. The quantitative estimate of drug-likeness (QED) is 0.607. The van der Waals surface area contributed by atoms with Crippen molar-refractivity contribution in [2.45, 2.75) is 6.61 Å². The maximum atomic E-state index is 12.3. The predicted octanol–water partition coefficient (Wildman–Crippen LogP) is 2.65. The summed E-state index contributed by atoms with van der Waals surface area (Å²) in [7, 11) is 1.39. The first-order chi connectivity index (χ1) is 12.5. The van der Waals surface area contributed by atoms with Crippen LogP contribution in [0.4, 0.5) is 0 Å². The van der Waals surface area contributed by atoms with Crippen LogP contribution in [-0.4, -0.2) is 36.5 Å². The summed E-state index contributed by atoms with van der Waals surface area (Å²) >= 11 is 6.09. The minimum Gasteiger partial charge on any atom is -0.457 e. The number of amides is 2. The van der Waals surface area contributed by atoms with Gasteiger partial charge in [0, 0.05) is 7.05 Å². The van der Waals surface area contributed by atoms with Crippen LogP contribution in [-0.2, 0) is 11.3 Å². The molecule has 26 heavy (non-hydrogen) atoms. The van der Waals surface area contributed by atoms with Crippen LogP contribution in [0.2, 0.25) is 5.02 Å². The molecule has 0 bridgehead atoms. The molecule has 0 N–H and O–H groups in total. The zero-order valence-corrected chi connectivity index (χ0v) is 14.3. The van der Waals surface area contributed by atoms with Crippen molar-refractivity contribution < 1.29 is 28.6 Å². The molecule has 0 aliphatic carbocycles. The van der Waals surface area contributed by atoms with Gasteiger partial charge in [0.2, 0.25) is 6.79 Å². The highest BCUT2D eigenvalue weighted by Gasteiger charge is 2.33. The van der Waals surface area contributed by atoms with E-state index >= 15 is 0 Å². The van der Waals surface area contributed by atoms with Crippen LogP contribution in [0.3, 0.4) is 0 Å². The molecule has 2 aromatic carbocycles. The number of hydrogen-bond acceptors (Lipinski definition) is 6. The van der Waals surface area contributed by atoms with Gasteiger partial charge in [0.25, 0.3) is 11.8 Å². The fourth-order valence-corrected chi connectivity index (χ4v) is 3.11. The van der Waals surface area contributed by atoms with E-state index in [-0.39, 0.29) is 36.0 Å². The van der Waals surface area contributed by atoms with Gasteiger partial charge in [-0.15, -0.1) is 0 Å². The zero-order chi connectivity index (χ0) is 18.4. The van der Waals surface area contributed by atoms with Crippen LogP contribution >= 0.6 is 11.6 Å². The lowest BCUT2D eigenvalue weighted by molar-refractivity contribution is 0.0472. The number of rotatable bonds is 3. The average molecular weight is 374 g/mol. The topological polar surface area (TPSA) is 82.1 Å². The van der Waals surface area contributed by atoms with E-state index in [4.69, 9.17) is 25.8 Å². The van der Waals surface area contributed by atoms with Crippen molar-refractivity contribution in [2.24, 2.45) is 0 Å².